The van der Waals surface area contributed by atoms with Gasteiger partial charge in [-0.15, -0.1) is 0 Å². The molecule has 0 heterocycles. The molecule has 0 spiro atoms. The normalized spacial score (nSPS) is 20.6. The lowest BCUT2D eigenvalue weighted by Gasteiger charge is -2.40. The highest BCUT2D eigenvalue weighted by atomic mass is 28.4. The first kappa shape index (κ1) is 26.5. The summed E-state index contributed by atoms with van der Waals surface area (Å²) in [6.45, 7) is 11.4. The molecule has 1 fully saturated rings. The topological polar surface area (TPSA) is 73.9 Å². The first-order valence-corrected chi connectivity index (χ1v) is 15.3. The lowest BCUT2D eigenvalue weighted by molar-refractivity contribution is -0.149. The standard InChI is InChI=1S/C27H41NO5Si/c1-26(2,3)34(5,6)33-23-14-10-13-21(17-23)18-27(22-15-16-22,24(29)31-4)28-25(30)32-19-20-11-8-7-9-12-20/h7-9,11-12,17,22-23H,10,13-16,18-19H2,1-6H3,(H,28,30). The molecule has 2 aliphatic rings. The quantitative estimate of drug-likeness (QED) is 0.258. The van der Waals surface area contributed by atoms with Crippen molar-refractivity contribution in [2.24, 2.45) is 5.92 Å². The van der Waals surface area contributed by atoms with Crippen LogP contribution < -0.4 is 5.32 Å². The largest absolute Gasteiger partial charge is 0.467 e. The van der Waals surface area contributed by atoms with Gasteiger partial charge in [0.05, 0.1) is 13.2 Å². The van der Waals surface area contributed by atoms with Gasteiger partial charge in [0, 0.05) is 6.42 Å². The summed E-state index contributed by atoms with van der Waals surface area (Å²) in [5.41, 5.74) is 0.941. The molecule has 188 valence electrons. The van der Waals surface area contributed by atoms with E-state index < -0.39 is 25.9 Å². The highest BCUT2D eigenvalue weighted by Crippen LogP contribution is 2.45. The van der Waals surface area contributed by atoms with Crippen LogP contribution in [0.1, 0.15) is 64.9 Å². The number of nitrogens with one attached hydrogen (secondary N) is 1. The summed E-state index contributed by atoms with van der Waals surface area (Å²) >= 11 is 0. The van der Waals surface area contributed by atoms with Crippen molar-refractivity contribution in [2.45, 2.75) is 95.7 Å². The minimum absolute atomic E-state index is 0.0456. The van der Waals surface area contributed by atoms with E-state index in [1.165, 1.54) is 7.11 Å². The van der Waals surface area contributed by atoms with Gasteiger partial charge in [0.25, 0.3) is 0 Å². The molecular weight excluding hydrogens is 446 g/mol. The highest BCUT2D eigenvalue weighted by molar-refractivity contribution is 6.74. The van der Waals surface area contributed by atoms with E-state index in [0.717, 1.165) is 43.2 Å². The number of rotatable bonds is 9. The summed E-state index contributed by atoms with van der Waals surface area (Å²) < 4.78 is 17.3. The van der Waals surface area contributed by atoms with Crippen molar-refractivity contribution in [3.8, 4) is 0 Å². The van der Waals surface area contributed by atoms with E-state index in [4.69, 9.17) is 13.9 Å². The first-order chi connectivity index (χ1) is 16.0. The molecular formula is C27H41NO5Si. The number of hydrogen-bond donors (Lipinski definition) is 1. The molecule has 0 bridgehead atoms. The average Bonchev–Trinajstić information content (AvgIpc) is 3.62. The Bertz CT molecular complexity index is 888. The molecule has 2 unspecified atom stereocenters. The van der Waals surface area contributed by atoms with Crippen molar-refractivity contribution in [3.63, 3.8) is 0 Å². The maximum atomic E-state index is 13.1. The van der Waals surface area contributed by atoms with E-state index >= 15 is 0 Å². The van der Waals surface area contributed by atoms with Crippen molar-refractivity contribution in [1.29, 1.82) is 0 Å². The number of carbonyl (C=O) groups is 2. The molecule has 0 aliphatic heterocycles. The molecule has 0 radical (unpaired) electrons. The van der Waals surface area contributed by atoms with Crippen molar-refractivity contribution < 1.29 is 23.5 Å². The first-order valence-electron chi connectivity index (χ1n) is 12.4. The second-order valence-electron chi connectivity index (χ2n) is 11.2. The number of esters is 1. The van der Waals surface area contributed by atoms with E-state index in [0.29, 0.717) is 6.42 Å². The van der Waals surface area contributed by atoms with Gasteiger partial charge in [0.15, 0.2) is 8.32 Å². The summed E-state index contributed by atoms with van der Waals surface area (Å²) in [5.74, 6) is -0.355. The minimum atomic E-state index is -1.91. The lowest BCUT2D eigenvalue weighted by Crippen LogP contribution is -2.57. The van der Waals surface area contributed by atoms with Crippen LogP contribution in [0.4, 0.5) is 4.79 Å². The molecule has 1 N–H and O–H groups in total. The molecule has 0 saturated heterocycles. The molecule has 1 aromatic rings. The Morgan fingerprint density at radius 2 is 1.76 bits per heavy atom. The van der Waals surface area contributed by atoms with Crippen molar-refractivity contribution >= 4 is 20.4 Å². The third-order valence-corrected chi connectivity index (χ3v) is 12.0. The van der Waals surface area contributed by atoms with Crippen LogP contribution >= 0.6 is 0 Å². The zero-order chi connectivity index (χ0) is 25.0. The van der Waals surface area contributed by atoms with E-state index in [-0.39, 0.29) is 23.7 Å². The van der Waals surface area contributed by atoms with Crippen molar-refractivity contribution in [3.05, 3.63) is 47.5 Å². The molecule has 1 saturated carbocycles. The summed E-state index contributed by atoms with van der Waals surface area (Å²) in [5, 5.41) is 3.07. The van der Waals surface area contributed by atoms with Crippen LogP contribution in [0, 0.1) is 5.92 Å². The molecule has 2 atom stereocenters. The number of methoxy groups -OCH3 is 1. The molecule has 3 rings (SSSR count). The Morgan fingerprint density at radius 1 is 1.09 bits per heavy atom. The molecule has 7 heteroatoms. The maximum Gasteiger partial charge on any atom is 0.408 e. The molecule has 1 aromatic carbocycles. The van der Waals surface area contributed by atoms with E-state index in [9.17, 15) is 9.59 Å². The van der Waals surface area contributed by atoms with Crippen molar-refractivity contribution in [2.75, 3.05) is 7.11 Å². The summed E-state index contributed by atoms with van der Waals surface area (Å²) in [6, 6.07) is 9.52. The zero-order valence-corrected chi connectivity index (χ0v) is 22.6. The Labute approximate surface area is 205 Å². The second kappa shape index (κ2) is 10.6. The molecule has 0 aromatic heterocycles. The summed E-state index contributed by atoms with van der Waals surface area (Å²) in [6.07, 6.45) is 6.72. The fourth-order valence-corrected chi connectivity index (χ4v) is 5.69. The molecule has 6 nitrogen and oxygen atoms in total. The second-order valence-corrected chi connectivity index (χ2v) is 16.0. The number of amides is 1. The van der Waals surface area contributed by atoms with Crippen LogP contribution in [0.15, 0.2) is 42.0 Å². The van der Waals surface area contributed by atoms with E-state index in [1.54, 1.807) is 0 Å². The molecule has 2 aliphatic carbocycles. The fraction of sp³-hybridized carbons (Fsp3) is 0.630. The maximum absolute atomic E-state index is 13.1. The number of hydrogen-bond acceptors (Lipinski definition) is 5. The van der Waals surface area contributed by atoms with Crippen LogP contribution in [0.25, 0.3) is 0 Å². The third kappa shape index (κ3) is 6.51. The van der Waals surface area contributed by atoms with Crippen LogP contribution in [0.5, 0.6) is 0 Å². The minimum Gasteiger partial charge on any atom is -0.467 e. The van der Waals surface area contributed by atoms with E-state index in [1.807, 2.05) is 30.3 Å². The number of ether oxygens (including phenoxy) is 2. The van der Waals surface area contributed by atoms with Crippen LogP contribution in [0.2, 0.25) is 18.1 Å². The highest BCUT2D eigenvalue weighted by Gasteiger charge is 2.54. The Balaban J connectivity index is 1.76. The summed E-state index contributed by atoms with van der Waals surface area (Å²) in [4.78, 5) is 25.9. The number of alkyl carbamates (subject to hydrolysis) is 1. The van der Waals surface area contributed by atoms with Crippen LogP contribution in [0.3, 0.4) is 0 Å². The van der Waals surface area contributed by atoms with Crippen LogP contribution in [-0.2, 0) is 25.3 Å². The van der Waals surface area contributed by atoms with Crippen LogP contribution in [-0.4, -0.2) is 39.1 Å². The fourth-order valence-electron chi connectivity index (χ4n) is 4.39. The van der Waals surface area contributed by atoms with Crippen molar-refractivity contribution in [1.82, 2.24) is 5.32 Å². The van der Waals surface area contributed by atoms with Gasteiger partial charge in [-0.2, -0.15) is 0 Å². The van der Waals surface area contributed by atoms with Gasteiger partial charge in [-0.25, -0.2) is 9.59 Å². The van der Waals surface area contributed by atoms with E-state index in [2.05, 4.69) is 45.3 Å². The monoisotopic (exact) mass is 487 g/mol. The third-order valence-electron chi connectivity index (χ3n) is 7.53. The smallest absolute Gasteiger partial charge is 0.408 e. The van der Waals surface area contributed by atoms with Gasteiger partial charge >= 0.3 is 12.1 Å². The Kier molecular flexibility index (Phi) is 8.29. The zero-order valence-electron chi connectivity index (χ0n) is 21.6. The average molecular weight is 488 g/mol. The van der Waals surface area contributed by atoms with Gasteiger partial charge < -0.3 is 19.2 Å². The van der Waals surface area contributed by atoms with Gasteiger partial charge in [0.1, 0.15) is 12.1 Å². The van der Waals surface area contributed by atoms with Gasteiger partial charge in [-0.05, 0) is 61.7 Å². The van der Waals surface area contributed by atoms with Gasteiger partial charge in [-0.3, -0.25) is 0 Å². The Morgan fingerprint density at radius 3 is 2.35 bits per heavy atom. The SMILES string of the molecule is COC(=O)C(CC1=CC(O[Si](C)(C)C(C)(C)C)CCC1)(NC(=O)OCc1ccccc1)C1CC1. The predicted molar refractivity (Wildman–Crippen MR) is 136 cm³/mol. The Hall–Kier alpha value is -2.12. The lowest BCUT2D eigenvalue weighted by atomic mass is 9.82. The molecule has 34 heavy (non-hydrogen) atoms. The van der Waals surface area contributed by atoms with Gasteiger partial charge in [-0.1, -0.05) is 62.8 Å². The number of carbonyl (C=O) groups excluding carboxylic acids is 2. The molecule has 1 amide bonds. The predicted octanol–water partition coefficient (Wildman–Crippen LogP) is 6.13. The van der Waals surface area contributed by atoms with Gasteiger partial charge in [0.2, 0.25) is 0 Å². The number of benzene rings is 1. The summed E-state index contributed by atoms with van der Waals surface area (Å²) in [7, 11) is -0.530.